The third-order valence-electron chi connectivity index (χ3n) is 2.16. The van der Waals surface area contributed by atoms with Gasteiger partial charge in [-0.3, -0.25) is 0 Å². The minimum absolute atomic E-state index is 0.704. The van der Waals surface area contributed by atoms with Crippen molar-refractivity contribution in [1.82, 2.24) is 4.57 Å². The van der Waals surface area contributed by atoms with Crippen LogP contribution in [-0.4, -0.2) is 4.57 Å². The van der Waals surface area contributed by atoms with E-state index in [2.05, 4.69) is 6.07 Å². The van der Waals surface area contributed by atoms with Gasteiger partial charge < -0.3 is 4.57 Å². The van der Waals surface area contributed by atoms with Gasteiger partial charge in [0.2, 0.25) is 0 Å². The summed E-state index contributed by atoms with van der Waals surface area (Å²) < 4.78 is 2.04. The lowest BCUT2D eigenvalue weighted by molar-refractivity contribution is 1.22. The van der Waals surface area contributed by atoms with E-state index in [1.807, 2.05) is 54.2 Å². The molecule has 0 unspecified atom stereocenters. The summed E-state index contributed by atoms with van der Waals surface area (Å²) in [7, 11) is 0. The van der Waals surface area contributed by atoms with Gasteiger partial charge in [-0.1, -0.05) is 6.08 Å². The van der Waals surface area contributed by atoms with Crippen molar-refractivity contribution in [3.63, 3.8) is 0 Å². The quantitative estimate of drug-likeness (QED) is 0.666. The maximum absolute atomic E-state index is 8.74. The summed E-state index contributed by atoms with van der Waals surface area (Å²) in [5.74, 6) is 0. The van der Waals surface area contributed by atoms with Crippen LogP contribution in [-0.2, 0) is 0 Å². The van der Waals surface area contributed by atoms with Gasteiger partial charge in [0.1, 0.15) is 0 Å². The van der Waals surface area contributed by atoms with Crippen LogP contribution in [0, 0.1) is 11.3 Å². The summed E-state index contributed by atoms with van der Waals surface area (Å²) in [5.41, 5.74) is 1.83. The second-order valence-corrected chi connectivity index (χ2v) is 3.09. The highest BCUT2D eigenvalue weighted by molar-refractivity contribution is 5.83. The van der Waals surface area contributed by atoms with Crippen LogP contribution in [0.5, 0.6) is 0 Å². The van der Waals surface area contributed by atoms with Gasteiger partial charge in [-0.2, -0.15) is 5.26 Å². The molecule has 0 bridgehead atoms. The topological polar surface area (TPSA) is 28.7 Å². The molecule has 0 spiro atoms. The number of rotatable bonds is 1. The van der Waals surface area contributed by atoms with Crippen molar-refractivity contribution in [1.29, 1.82) is 5.26 Å². The fourth-order valence-electron chi connectivity index (χ4n) is 1.52. The molecule has 0 N–H and O–H groups in total. The van der Waals surface area contributed by atoms with Gasteiger partial charge in [0, 0.05) is 17.8 Å². The van der Waals surface area contributed by atoms with Gasteiger partial charge in [-0.15, -0.1) is 0 Å². The van der Waals surface area contributed by atoms with Crippen LogP contribution in [0.3, 0.4) is 0 Å². The van der Waals surface area contributed by atoms with Crippen LogP contribution in [0.1, 0.15) is 12.5 Å². The number of benzene rings is 1. The minimum atomic E-state index is 0.704. The maximum atomic E-state index is 8.74. The molecule has 0 aliphatic carbocycles. The average Bonchev–Trinajstić information content (AvgIpc) is 2.61. The number of hydrogen-bond donors (Lipinski definition) is 0. The molecule has 0 atom stereocenters. The standard InChI is InChI=1S/C12H10N2/c1-2-6-14-7-5-11-8-10(9-13)3-4-12(11)14/h2-8H,1H3/b6-2+. The first-order valence-corrected chi connectivity index (χ1v) is 4.48. The van der Waals surface area contributed by atoms with Gasteiger partial charge >= 0.3 is 0 Å². The molecule has 14 heavy (non-hydrogen) atoms. The fraction of sp³-hybridized carbons (Fsp3) is 0.0833. The van der Waals surface area contributed by atoms with Crippen molar-refractivity contribution in [2.24, 2.45) is 0 Å². The average molecular weight is 182 g/mol. The predicted molar refractivity (Wildman–Crippen MR) is 57.7 cm³/mol. The number of hydrogen-bond acceptors (Lipinski definition) is 1. The lowest BCUT2D eigenvalue weighted by Crippen LogP contribution is -1.82. The van der Waals surface area contributed by atoms with Gasteiger partial charge in [-0.25, -0.2) is 0 Å². The van der Waals surface area contributed by atoms with Gasteiger partial charge in [0.05, 0.1) is 17.1 Å². The maximum Gasteiger partial charge on any atom is 0.0991 e. The number of nitriles is 1. The van der Waals surface area contributed by atoms with E-state index in [0.29, 0.717) is 5.56 Å². The molecule has 0 amide bonds. The molecular weight excluding hydrogens is 172 g/mol. The number of nitrogens with zero attached hydrogens (tertiary/aromatic N) is 2. The molecular formula is C12H10N2. The van der Waals surface area contributed by atoms with Crippen molar-refractivity contribution >= 4 is 17.1 Å². The molecule has 2 rings (SSSR count). The molecule has 0 radical (unpaired) electrons. The summed E-state index contributed by atoms with van der Waals surface area (Å²) in [6.07, 6.45) is 5.97. The molecule has 68 valence electrons. The lowest BCUT2D eigenvalue weighted by atomic mass is 10.2. The molecule has 1 aromatic heterocycles. The molecule has 1 aromatic carbocycles. The zero-order valence-corrected chi connectivity index (χ0v) is 7.94. The summed E-state index contributed by atoms with van der Waals surface area (Å²) in [6.45, 7) is 1.98. The summed E-state index contributed by atoms with van der Waals surface area (Å²) >= 11 is 0. The molecule has 2 aromatic rings. The second kappa shape index (κ2) is 3.39. The molecule has 1 heterocycles. The van der Waals surface area contributed by atoms with Crippen LogP contribution in [0.2, 0.25) is 0 Å². The molecule has 0 saturated heterocycles. The second-order valence-electron chi connectivity index (χ2n) is 3.09. The summed E-state index contributed by atoms with van der Waals surface area (Å²) in [6, 6.07) is 9.84. The van der Waals surface area contributed by atoms with Crippen molar-refractivity contribution in [2.45, 2.75) is 6.92 Å². The van der Waals surface area contributed by atoms with Crippen LogP contribution < -0.4 is 0 Å². The Morgan fingerprint density at radius 2 is 2.21 bits per heavy atom. The zero-order chi connectivity index (χ0) is 9.97. The van der Waals surface area contributed by atoms with Crippen LogP contribution in [0.25, 0.3) is 17.1 Å². The van der Waals surface area contributed by atoms with E-state index in [1.54, 1.807) is 0 Å². The molecule has 0 aliphatic heterocycles. The number of fused-ring (bicyclic) bond motifs is 1. The fourth-order valence-corrected chi connectivity index (χ4v) is 1.52. The highest BCUT2D eigenvalue weighted by Crippen LogP contribution is 2.17. The first-order valence-electron chi connectivity index (χ1n) is 4.48. The Kier molecular flexibility index (Phi) is 2.08. The Morgan fingerprint density at radius 3 is 2.93 bits per heavy atom. The SMILES string of the molecule is C/C=C/n1ccc2cc(C#N)ccc21. The van der Waals surface area contributed by atoms with Crippen LogP contribution >= 0.6 is 0 Å². The smallest absolute Gasteiger partial charge is 0.0991 e. The predicted octanol–water partition coefficient (Wildman–Crippen LogP) is 3.00. The van der Waals surface area contributed by atoms with E-state index in [-0.39, 0.29) is 0 Å². The van der Waals surface area contributed by atoms with E-state index >= 15 is 0 Å². The molecule has 0 aliphatic rings. The van der Waals surface area contributed by atoms with E-state index in [1.165, 1.54) is 0 Å². The third kappa shape index (κ3) is 1.29. The monoisotopic (exact) mass is 182 g/mol. The van der Waals surface area contributed by atoms with Crippen molar-refractivity contribution in [3.05, 3.63) is 42.1 Å². The van der Waals surface area contributed by atoms with E-state index < -0.39 is 0 Å². The molecule has 0 fully saturated rings. The first kappa shape index (κ1) is 8.58. The van der Waals surface area contributed by atoms with E-state index in [9.17, 15) is 0 Å². The number of aromatic nitrogens is 1. The number of allylic oxidation sites excluding steroid dienone is 1. The largest absolute Gasteiger partial charge is 0.324 e. The van der Waals surface area contributed by atoms with Crippen molar-refractivity contribution < 1.29 is 0 Å². The van der Waals surface area contributed by atoms with Crippen molar-refractivity contribution in [2.75, 3.05) is 0 Å². The zero-order valence-electron chi connectivity index (χ0n) is 7.94. The lowest BCUT2D eigenvalue weighted by Gasteiger charge is -1.96. The molecule has 2 heteroatoms. The normalized spacial score (nSPS) is 10.9. The van der Waals surface area contributed by atoms with E-state index in [4.69, 9.17) is 5.26 Å². The molecule has 0 saturated carbocycles. The highest BCUT2D eigenvalue weighted by atomic mass is 14.9. The van der Waals surface area contributed by atoms with Gasteiger partial charge in [-0.05, 0) is 31.2 Å². The third-order valence-corrected chi connectivity index (χ3v) is 2.16. The Morgan fingerprint density at radius 1 is 1.36 bits per heavy atom. The Labute approximate surface area is 82.7 Å². The van der Waals surface area contributed by atoms with Crippen LogP contribution in [0.15, 0.2) is 36.5 Å². The van der Waals surface area contributed by atoms with Gasteiger partial charge in [0.15, 0.2) is 0 Å². The van der Waals surface area contributed by atoms with Gasteiger partial charge in [0.25, 0.3) is 0 Å². The minimum Gasteiger partial charge on any atom is -0.324 e. The Hall–Kier alpha value is -2.01. The highest BCUT2D eigenvalue weighted by Gasteiger charge is 1.98. The summed E-state index contributed by atoms with van der Waals surface area (Å²) in [5, 5.41) is 9.84. The Bertz CT molecular complexity index is 527. The first-order chi connectivity index (χ1) is 6.85. The summed E-state index contributed by atoms with van der Waals surface area (Å²) in [4.78, 5) is 0. The van der Waals surface area contributed by atoms with Crippen molar-refractivity contribution in [3.8, 4) is 6.07 Å². The van der Waals surface area contributed by atoms with Crippen LogP contribution in [0.4, 0.5) is 0 Å². The Balaban J connectivity index is 2.66. The van der Waals surface area contributed by atoms with E-state index in [0.717, 1.165) is 10.9 Å². The molecule has 2 nitrogen and oxygen atoms in total.